The minimum atomic E-state index is -0.649. The number of benzene rings is 1. The molecule has 4 rings (SSSR count). The summed E-state index contributed by atoms with van der Waals surface area (Å²) in [6.45, 7) is 2.58. The van der Waals surface area contributed by atoms with Crippen molar-refractivity contribution >= 4 is 11.7 Å². The van der Waals surface area contributed by atoms with Gasteiger partial charge in [0, 0.05) is 43.7 Å². The fraction of sp³-hybridized carbons (Fsp3) is 0.450. The van der Waals surface area contributed by atoms with Gasteiger partial charge in [-0.15, -0.1) is 0 Å². The Balaban J connectivity index is 1.62. The Morgan fingerprint density at radius 3 is 2.74 bits per heavy atom. The number of aliphatic hydroxyl groups is 1. The van der Waals surface area contributed by atoms with Crippen molar-refractivity contribution in [3.8, 4) is 11.3 Å². The van der Waals surface area contributed by atoms with Gasteiger partial charge in [0.2, 0.25) is 0 Å². The van der Waals surface area contributed by atoms with Gasteiger partial charge in [-0.05, 0) is 25.0 Å². The number of ether oxygens (including phenoxy) is 1. The van der Waals surface area contributed by atoms with Crippen LogP contribution in [0.2, 0.25) is 0 Å². The number of likely N-dealkylation sites (N-methyl/N-ethyl adjacent to an activating group) is 1. The van der Waals surface area contributed by atoms with Crippen LogP contribution in [-0.2, 0) is 4.74 Å². The van der Waals surface area contributed by atoms with Gasteiger partial charge in [0.25, 0.3) is 5.91 Å². The molecule has 2 saturated heterocycles. The fourth-order valence-electron chi connectivity index (χ4n) is 3.75. The number of amides is 1. The molecule has 1 amide bonds. The number of rotatable bonds is 4. The lowest BCUT2D eigenvalue weighted by Gasteiger charge is -2.26. The van der Waals surface area contributed by atoms with Crippen molar-refractivity contribution in [1.82, 2.24) is 14.9 Å². The molecule has 27 heavy (non-hydrogen) atoms. The Labute approximate surface area is 158 Å². The number of aromatic nitrogens is 2. The van der Waals surface area contributed by atoms with Crippen LogP contribution in [0.5, 0.6) is 0 Å². The molecule has 2 aliphatic heterocycles. The van der Waals surface area contributed by atoms with E-state index < -0.39 is 6.10 Å². The maximum Gasteiger partial charge on any atom is 0.254 e. The second-order valence-electron chi connectivity index (χ2n) is 7.09. The van der Waals surface area contributed by atoms with Gasteiger partial charge in [-0.1, -0.05) is 12.1 Å². The lowest BCUT2D eigenvalue weighted by atomic mass is 10.1. The highest BCUT2D eigenvalue weighted by Crippen LogP contribution is 2.29. The van der Waals surface area contributed by atoms with Gasteiger partial charge < -0.3 is 19.6 Å². The Morgan fingerprint density at radius 2 is 2.00 bits per heavy atom. The molecule has 7 heteroatoms. The van der Waals surface area contributed by atoms with E-state index in [-0.39, 0.29) is 18.6 Å². The summed E-state index contributed by atoms with van der Waals surface area (Å²) in [5.74, 6) is 0.727. The summed E-state index contributed by atoms with van der Waals surface area (Å²) in [5.41, 5.74) is 2.22. The van der Waals surface area contributed by atoms with E-state index in [4.69, 9.17) is 4.74 Å². The normalized spacial score (nSPS) is 22.2. The number of carbonyl (C=O) groups is 1. The lowest BCUT2D eigenvalue weighted by molar-refractivity contribution is 0.0581. The van der Waals surface area contributed by atoms with Crippen molar-refractivity contribution in [1.29, 1.82) is 0 Å². The molecule has 0 spiro atoms. The first kappa shape index (κ1) is 17.9. The van der Waals surface area contributed by atoms with Gasteiger partial charge in [0.05, 0.1) is 25.4 Å². The standard InChI is InChI=1S/C20H24N4O3/c1-23(16-12-27-13-17(16)25)20(26)15-6-4-5-14(11-15)18-19(22-8-7-21-18)24-9-2-3-10-24/h4-8,11,16-17,25H,2-3,9-10,12-13H2,1H3/t16-,17-/m1/s1. The van der Waals surface area contributed by atoms with Crippen LogP contribution in [-0.4, -0.2) is 71.4 Å². The SMILES string of the molecule is CN(C(=O)c1cccc(-c2nccnc2N2CCCC2)c1)[C@@H]1COC[C@H]1O. The zero-order valence-corrected chi connectivity index (χ0v) is 15.4. The third kappa shape index (κ3) is 3.52. The largest absolute Gasteiger partial charge is 0.388 e. The molecule has 1 N–H and O–H groups in total. The van der Waals surface area contributed by atoms with E-state index in [0.29, 0.717) is 12.2 Å². The summed E-state index contributed by atoms with van der Waals surface area (Å²) >= 11 is 0. The number of anilines is 1. The average molecular weight is 368 g/mol. The van der Waals surface area contributed by atoms with Crippen molar-refractivity contribution in [2.24, 2.45) is 0 Å². The maximum atomic E-state index is 12.9. The second-order valence-corrected chi connectivity index (χ2v) is 7.09. The molecule has 0 bridgehead atoms. The van der Waals surface area contributed by atoms with Crippen LogP contribution in [0.4, 0.5) is 5.82 Å². The van der Waals surface area contributed by atoms with Gasteiger partial charge in [-0.25, -0.2) is 4.98 Å². The van der Waals surface area contributed by atoms with E-state index in [9.17, 15) is 9.90 Å². The molecule has 142 valence electrons. The molecule has 2 atom stereocenters. The topological polar surface area (TPSA) is 78.8 Å². The summed E-state index contributed by atoms with van der Waals surface area (Å²) in [5, 5.41) is 10.0. The van der Waals surface area contributed by atoms with Crippen LogP contribution >= 0.6 is 0 Å². The molecule has 1 aromatic carbocycles. The molecule has 0 aliphatic carbocycles. The van der Waals surface area contributed by atoms with Crippen molar-refractivity contribution in [3.05, 3.63) is 42.2 Å². The number of carbonyl (C=O) groups excluding carboxylic acids is 1. The summed E-state index contributed by atoms with van der Waals surface area (Å²) < 4.78 is 5.27. The van der Waals surface area contributed by atoms with Gasteiger partial charge in [-0.3, -0.25) is 9.78 Å². The van der Waals surface area contributed by atoms with Crippen molar-refractivity contribution in [3.63, 3.8) is 0 Å². The minimum Gasteiger partial charge on any atom is -0.388 e. The summed E-state index contributed by atoms with van der Waals surface area (Å²) in [6.07, 6.45) is 5.06. The zero-order valence-electron chi connectivity index (χ0n) is 15.4. The highest BCUT2D eigenvalue weighted by atomic mass is 16.5. The molecule has 3 heterocycles. The zero-order chi connectivity index (χ0) is 18.8. The van der Waals surface area contributed by atoms with E-state index in [1.165, 1.54) is 0 Å². The Kier molecular flexibility index (Phi) is 5.05. The van der Waals surface area contributed by atoms with Crippen molar-refractivity contribution in [2.45, 2.75) is 25.0 Å². The van der Waals surface area contributed by atoms with E-state index in [2.05, 4.69) is 14.9 Å². The Hall–Kier alpha value is -2.51. The summed E-state index contributed by atoms with van der Waals surface area (Å²) in [7, 11) is 1.70. The lowest BCUT2D eigenvalue weighted by Crippen LogP contribution is -2.44. The summed E-state index contributed by atoms with van der Waals surface area (Å²) in [4.78, 5) is 25.8. The third-order valence-corrected chi connectivity index (χ3v) is 5.31. The molecular formula is C20H24N4O3. The first-order valence-corrected chi connectivity index (χ1v) is 9.34. The monoisotopic (exact) mass is 368 g/mol. The second kappa shape index (κ2) is 7.62. The van der Waals surface area contributed by atoms with Gasteiger partial charge >= 0.3 is 0 Å². The molecule has 1 aromatic heterocycles. The van der Waals surface area contributed by atoms with E-state index in [0.717, 1.165) is 43.0 Å². The van der Waals surface area contributed by atoms with Crippen LogP contribution in [0.25, 0.3) is 11.3 Å². The first-order valence-electron chi connectivity index (χ1n) is 9.34. The Bertz CT molecular complexity index is 822. The highest BCUT2D eigenvalue weighted by molar-refractivity contribution is 5.95. The molecule has 2 fully saturated rings. The van der Waals surface area contributed by atoms with Gasteiger partial charge in [0.1, 0.15) is 5.69 Å². The van der Waals surface area contributed by atoms with Crippen LogP contribution < -0.4 is 4.90 Å². The highest BCUT2D eigenvalue weighted by Gasteiger charge is 2.32. The number of hydrogen-bond acceptors (Lipinski definition) is 6. The average Bonchev–Trinajstić information content (AvgIpc) is 3.39. The first-order chi connectivity index (χ1) is 13.1. The molecule has 0 unspecified atom stereocenters. The van der Waals surface area contributed by atoms with E-state index in [1.807, 2.05) is 18.2 Å². The number of aliphatic hydroxyl groups excluding tert-OH is 1. The third-order valence-electron chi connectivity index (χ3n) is 5.31. The van der Waals surface area contributed by atoms with Crippen molar-refractivity contribution in [2.75, 3.05) is 38.3 Å². The van der Waals surface area contributed by atoms with Crippen LogP contribution in [0, 0.1) is 0 Å². The minimum absolute atomic E-state index is 0.141. The molecular weight excluding hydrogens is 344 g/mol. The van der Waals surface area contributed by atoms with E-state index >= 15 is 0 Å². The molecule has 0 saturated carbocycles. The van der Waals surface area contributed by atoms with Gasteiger partial charge in [-0.2, -0.15) is 0 Å². The predicted octanol–water partition coefficient (Wildman–Crippen LogP) is 1.58. The number of nitrogens with zero attached hydrogens (tertiary/aromatic N) is 4. The molecule has 7 nitrogen and oxygen atoms in total. The summed E-state index contributed by atoms with van der Waals surface area (Å²) in [6, 6.07) is 7.13. The van der Waals surface area contributed by atoms with Crippen LogP contribution in [0.1, 0.15) is 23.2 Å². The number of hydrogen-bond donors (Lipinski definition) is 1. The predicted molar refractivity (Wildman–Crippen MR) is 102 cm³/mol. The van der Waals surface area contributed by atoms with E-state index in [1.54, 1.807) is 30.4 Å². The Morgan fingerprint density at radius 1 is 1.22 bits per heavy atom. The molecule has 2 aliphatic rings. The fourth-order valence-corrected chi connectivity index (χ4v) is 3.75. The van der Waals surface area contributed by atoms with Gasteiger partial charge in [0.15, 0.2) is 5.82 Å². The van der Waals surface area contributed by atoms with Crippen LogP contribution in [0.3, 0.4) is 0 Å². The maximum absolute atomic E-state index is 12.9. The van der Waals surface area contributed by atoms with Crippen molar-refractivity contribution < 1.29 is 14.6 Å². The van der Waals surface area contributed by atoms with Crippen LogP contribution in [0.15, 0.2) is 36.7 Å². The quantitative estimate of drug-likeness (QED) is 0.883. The molecule has 2 aromatic rings. The molecule has 0 radical (unpaired) electrons. The smallest absolute Gasteiger partial charge is 0.254 e.